The van der Waals surface area contributed by atoms with E-state index in [1.54, 1.807) is 0 Å². The molecule has 0 radical (unpaired) electrons. The Hall–Kier alpha value is -0.0400. The van der Waals surface area contributed by atoms with E-state index >= 15 is 0 Å². The molecule has 0 N–H and O–H groups in total. The summed E-state index contributed by atoms with van der Waals surface area (Å²) in [6.07, 6.45) is 8.73. The lowest BCUT2D eigenvalue weighted by molar-refractivity contribution is 0.0897. The summed E-state index contributed by atoms with van der Waals surface area (Å²) >= 11 is 0. The van der Waals surface area contributed by atoms with Crippen LogP contribution >= 0.6 is 0 Å². The number of nitrogens with zero attached hydrogens (tertiary/aromatic N) is 1. The fourth-order valence-electron chi connectivity index (χ4n) is 4.05. The zero-order valence-corrected chi connectivity index (χ0v) is 13.4. The van der Waals surface area contributed by atoms with Crippen molar-refractivity contribution in [2.45, 2.75) is 79.2 Å². The number of likely N-dealkylation sites (tertiary alicyclic amines) is 1. The molecule has 1 saturated heterocycles. The van der Waals surface area contributed by atoms with E-state index in [1.807, 2.05) is 13.8 Å². The molecule has 108 valence electrons. The zero-order valence-electron chi connectivity index (χ0n) is 13.4. The van der Waals surface area contributed by atoms with Crippen molar-refractivity contribution < 1.29 is 0 Å². The van der Waals surface area contributed by atoms with Gasteiger partial charge < -0.3 is 4.90 Å². The maximum atomic E-state index is 2.78. The lowest BCUT2D eigenvalue weighted by Crippen LogP contribution is -2.40. The lowest BCUT2D eigenvalue weighted by atomic mass is 9.70. The summed E-state index contributed by atoms with van der Waals surface area (Å²) in [5.74, 6) is 2.90. The van der Waals surface area contributed by atoms with Gasteiger partial charge in [0.1, 0.15) is 0 Å². The quantitative estimate of drug-likeness (QED) is 0.687. The highest BCUT2D eigenvalue weighted by atomic mass is 15.2. The van der Waals surface area contributed by atoms with Gasteiger partial charge in [-0.15, -0.1) is 0 Å². The van der Waals surface area contributed by atoms with Gasteiger partial charge in [-0.3, -0.25) is 0 Å². The molecule has 0 bridgehead atoms. The summed E-state index contributed by atoms with van der Waals surface area (Å²) in [4.78, 5) is 2.78. The van der Waals surface area contributed by atoms with Gasteiger partial charge in [-0.2, -0.15) is 0 Å². The van der Waals surface area contributed by atoms with Gasteiger partial charge in [-0.1, -0.05) is 41.0 Å². The van der Waals surface area contributed by atoms with E-state index in [9.17, 15) is 0 Å². The van der Waals surface area contributed by atoms with Crippen molar-refractivity contribution in [2.24, 2.45) is 17.8 Å². The molecule has 1 heteroatoms. The molecule has 1 nitrogen and oxygen atoms in total. The molecule has 0 amide bonds. The highest BCUT2D eigenvalue weighted by Gasteiger charge is 2.34. The van der Waals surface area contributed by atoms with Crippen LogP contribution in [0.2, 0.25) is 0 Å². The minimum absolute atomic E-state index is 0.893. The van der Waals surface area contributed by atoms with Crippen molar-refractivity contribution in [2.75, 3.05) is 13.1 Å². The minimum Gasteiger partial charge on any atom is -0.300 e. The summed E-state index contributed by atoms with van der Waals surface area (Å²) in [6, 6.07) is 0.933. The SMILES string of the molecule is CC.CCC1CC(N2CCCC2)CCC1C(C)C. The van der Waals surface area contributed by atoms with E-state index in [4.69, 9.17) is 0 Å². The van der Waals surface area contributed by atoms with E-state index in [-0.39, 0.29) is 0 Å². The van der Waals surface area contributed by atoms with Crippen LogP contribution in [0.15, 0.2) is 0 Å². The Morgan fingerprint density at radius 1 is 1.06 bits per heavy atom. The Balaban J connectivity index is 0.000000771. The zero-order chi connectivity index (χ0) is 13.5. The molecule has 2 rings (SSSR count). The fourth-order valence-corrected chi connectivity index (χ4v) is 4.05. The first-order valence-corrected chi connectivity index (χ1v) is 8.46. The average Bonchev–Trinajstić information content (AvgIpc) is 2.94. The highest BCUT2D eigenvalue weighted by Crippen LogP contribution is 2.39. The van der Waals surface area contributed by atoms with Gasteiger partial charge >= 0.3 is 0 Å². The van der Waals surface area contributed by atoms with Crippen LogP contribution in [0, 0.1) is 17.8 Å². The maximum absolute atomic E-state index is 2.78. The van der Waals surface area contributed by atoms with Crippen molar-refractivity contribution in [3.8, 4) is 0 Å². The molecule has 1 aliphatic heterocycles. The summed E-state index contributed by atoms with van der Waals surface area (Å²) < 4.78 is 0. The summed E-state index contributed by atoms with van der Waals surface area (Å²) in [5.41, 5.74) is 0. The van der Waals surface area contributed by atoms with E-state index in [0.717, 1.165) is 23.8 Å². The van der Waals surface area contributed by atoms with E-state index in [1.165, 1.54) is 51.6 Å². The Bertz CT molecular complexity index is 206. The van der Waals surface area contributed by atoms with Crippen molar-refractivity contribution in [3.63, 3.8) is 0 Å². The van der Waals surface area contributed by atoms with Gasteiger partial charge in [-0.25, -0.2) is 0 Å². The molecule has 0 aromatic heterocycles. The second-order valence-electron chi connectivity index (χ2n) is 6.29. The third-order valence-corrected chi connectivity index (χ3v) is 5.05. The third kappa shape index (κ3) is 3.98. The molecule has 18 heavy (non-hydrogen) atoms. The monoisotopic (exact) mass is 253 g/mol. The van der Waals surface area contributed by atoms with Crippen LogP contribution < -0.4 is 0 Å². The second kappa shape index (κ2) is 8.19. The number of hydrogen-bond acceptors (Lipinski definition) is 1. The summed E-state index contributed by atoms with van der Waals surface area (Å²) in [5, 5.41) is 0. The van der Waals surface area contributed by atoms with E-state index in [0.29, 0.717) is 0 Å². The van der Waals surface area contributed by atoms with Crippen molar-refractivity contribution >= 4 is 0 Å². The van der Waals surface area contributed by atoms with Crippen LogP contribution in [0.25, 0.3) is 0 Å². The molecule has 2 fully saturated rings. The maximum Gasteiger partial charge on any atom is 0.00981 e. The lowest BCUT2D eigenvalue weighted by Gasteiger charge is -2.41. The summed E-state index contributed by atoms with van der Waals surface area (Å²) in [6.45, 7) is 14.0. The standard InChI is InChI=1S/C15H29N.C2H6/c1-4-13-11-14(16-9-5-6-10-16)7-8-15(13)12(2)3;1-2/h12-15H,4-11H2,1-3H3;1-2H3. The van der Waals surface area contributed by atoms with Gasteiger partial charge in [0.2, 0.25) is 0 Å². The van der Waals surface area contributed by atoms with E-state index in [2.05, 4.69) is 25.7 Å². The average molecular weight is 253 g/mol. The van der Waals surface area contributed by atoms with Crippen LogP contribution in [0.4, 0.5) is 0 Å². The molecule has 1 saturated carbocycles. The molecule has 1 aliphatic carbocycles. The molecule has 0 aromatic rings. The van der Waals surface area contributed by atoms with Crippen LogP contribution in [-0.2, 0) is 0 Å². The topological polar surface area (TPSA) is 3.24 Å². The first-order chi connectivity index (χ1) is 8.72. The van der Waals surface area contributed by atoms with Crippen LogP contribution in [-0.4, -0.2) is 24.0 Å². The van der Waals surface area contributed by atoms with Crippen molar-refractivity contribution in [1.82, 2.24) is 4.90 Å². The molecular formula is C17H35N. The van der Waals surface area contributed by atoms with Crippen LogP contribution in [0.3, 0.4) is 0 Å². The number of rotatable bonds is 3. The largest absolute Gasteiger partial charge is 0.300 e. The summed E-state index contributed by atoms with van der Waals surface area (Å²) in [7, 11) is 0. The van der Waals surface area contributed by atoms with Crippen molar-refractivity contribution in [1.29, 1.82) is 0 Å². The fraction of sp³-hybridized carbons (Fsp3) is 1.00. The highest BCUT2D eigenvalue weighted by molar-refractivity contribution is 4.87. The first-order valence-electron chi connectivity index (χ1n) is 8.46. The van der Waals surface area contributed by atoms with Gasteiger partial charge in [-0.05, 0) is 62.9 Å². The Labute approximate surface area is 115 Å². The Kier molecular flexibility index (Phi) is 7.29. The van der Waals surface area contributed by atoms with Crippen LogP contribution in [0.5, 0.6) is 0 Å². The predicted octanol–water partition coefficient (Wildman–Crippen LogP) is 4.96. The Morgan fingerprint density at radius 3 is 2.17 bits per heavy atom. The predicted molar refractivity (Wildman–Crippen MR) is 81.9 cm³/mol. The van der Waals surface area contributed by atoms with E-state index < -0.39 is 0 Å². The third-order valence-electron chi connectivity index (χ3n) is 5.05. The first kappa shape index (κ1) is 16.0. The minimum atomic E-state index is 0.893. The van der Waals surface area contributed by atoms with Gasteiger partial charge in [0.15, 0.2) is 0 Å². The van der Waals surface area contributed by atoms with Gasteiger partial charge in [0.05, 0.1) is 0 Å². The van der Waals surface area contributed by atoms with Gasteiger partial charge in [0.25, 0.3) is 0 Å². The molecule has 0 spiro atoms. The molecule has 0 aromatic carbocycles. The molecule has 2 aliphatic rings. The Morgan fingerprint density at radius 2 is 1.67 bits per heavy atom. The number of hydrogen-bond donors (Lipinski definition) is 0. The van der Waals surface area contributed by atoms with Crippen LogP contribution in [0.1, 0.15) is 73.1 Å². The van der Waals surface area contributed by atoms with Crippen molar-refractivity contribution in [3.05, 3.63) is 0 Å². The van der Waals surface area contributed by atoms with Gasteiger partial charge in [0, 0.05) is 6.04 Å². The molecular weight excluding hydrogens is 218 g/mol. The smallest absolute Gasteiger partial charge is 0.00981 e. The molecule has 3 unspecified atom stereocenters. The normalized spacial score (nSPS) is 33.3. The molecule has 3 atom stereocenters. The second-order valence-corrected chi connectivity index (χ2v) is 6.29. The molecule has 1 heterocycles.